The Labute approximate surface area is 363 Å². The molecule has 2 heterocycles. The zero-order valence-corrected chi connectivity index (χ0v) is 36.4. The van der Waals surface area contributed by atoms with Gasteiger partial charge in [0.2, 0.25) is 37.8 Å². The molecule has 5 atom stereocenters. The monoisotopic (exact) mass is 919 g/mol. The third-order valence-corrected chi connectivity index (χ3v) is 14.7. The van der Waals surface area contributed by atoms with E-state index in [0.717, 1.165) is 21.3 Å². The summed E-state index contributed by atoms with van der Waals surface area (Å²) in [7, 11) is -8.53. The number of allylic oxidation sites excluding steroid dienone is 2. The Bertz CT molecular complexity index is 2410. The van der Waals surface area contributed by atoms with Crippen LogP contribution in [-0.4, -0.2) is 114 Å². The van der Waals surface area contributed by atoms with Crippen LogP contribution in [0.2, 0.25) is 0 Å². The minimum Gasteiger partial charge on any atom is -0.444 e. The molecule has 0 spiro atoms. The Balaban J connectivity index is 1.21. The van der Waals surface area contributed by atoms with Crippen molar-refractivity contribution in [1.82, 2.24) is 24.1 Å². The molecular weight excluding hydrogens is 870 g/mol. The molecule has 63 heavy (non-hydrogen) atoms. The van der Waals surface area contributed by atoms with Gasteiger partial charge in [-0.05, 0) is 76.5 Å². The quantitative estimate of drug-likeness (QED) is 0.0893. The summed E-state index contributed by atoms with van der Waals surface area (Å²) >= 11 is 0. The van der Waals surface area contributed by atoms with Crippen molar-refractivity contribution >= 4 is 55.6 Å². The van der Waals surface area contributed by atoms with Gasteiger partial charge in [-0.1, -0.05) is 36.4 Å². The fourth-order valence-electron chi connectivity index (χ4n) is 7.50. The van der Waals surface area contributed by atoms with Gasteiger partial charge in [0.15, 0.2) is 4.90 Å². The van der Waals surface area contributed by atoms with Crippen molar-refractivity contribution in [2.75, 3.05) is 19.6 Å². The number of primary amides is 1. The first kappa shape index (κ1) is 46.8. The number of ether oxygens (including phenoxy) is 2. The van der Waals surface area contributed by atoms with Gasteiger partial charge in [-0.25, -0.2) is 30.8 Å². The Morgan fingerprint density at radius 3 is 2.41 bits per heavy atom. The van der Waals surface area contributed by atoms with Crippen LogP contribution in [0.25, 0.3) is 0 Å². The van der Waals surface area contributed by atoms with Crippen molar-refractivity contribution in [2.45, 2.75) is 106 Å². The van der Waals surface area contributed by atoms with Crippen LogP contribution in [0.3, 0.4) is 0 Å². The smallest absolute Gasteiger partial charge is 0.410 e. The summed E-state index contributed by atoms with van der Waals surface area (Å²) in [4.78, 5) is 79.0. The normalized spacial score (nSPS) is 21.5. The van der Waals surface area contributed by atoms with Crippen molar-refractivity contribution in [3.8, 4) is 0 Å². The van der Waals surface area contributed by atoms with Crippen LogP contribution in [0.1, 0.15) is 70.4 Å². The van der Waals surface area contributed by atoms with Gasteiger partial charge < -0.3 is 25.4 Å². The van der Waals surface area contributed by atoms with E-state index in [4.69, 9.17) is 15.2 Å². The lowest BCUT2D eigenvalue weighted by atomic mass is 10.1. The second kappa shape index (κ2) is 18.6. The molecule has 0 radical (unpaired) electrons. The first-order chi connectivity index (χ1) is 29.6. The van der Waals surface area contributed by atoms with Crippen molar-refractivity contribution in [3.05, 3.63) is 81.7 Å². The lowest BCUT2D eigenvalue weighted by Gasteiger charge is -2.31. The van der Waals surface area contributed by atoms with Gasteiger partial charge in [-0.2, -0.15) is 4.31 Å². The van der Waals surface area contributed by atoms with E-state index in [-0.39, 0.29) is 44.8 Å². The van der Waals surface area contributed by atoms with E-state index >= 15 is 0 Å². The third kappa shape index (κ3) is 11.5. The molecule has 1 saturated heterocycles. The highest BCUT2D eigenvalue weighted by molar-refractivity contribution is 7.91. The van der Waals surface area contributed by atoms with Gasteiger partial charge >= 0.3 is 12.2 Å². The Hall–Kier alpha value is -5.68. The first-order valence-electron chi connectivity index (χ1n) is 20.3. The summed E-state index contributed by atoms with van der Waals surface area (Å²) in [6.07, 6.45) is 1.73. The number of hydrogen-bond acceptors (Lipinski definition) is 13. The van der Waals surface area contributed by atoms with Crippen LogP contribution in [0.5, 0.6) is 0 Å². The Morgan fingerprint density at radius 1 is 1.05 bits per heavy atom. The van der Waals surface area contributed by atoms with Gasteiger partial charge in [0, 0.05) is 43.6 Å². The minimum absolute atomic E-state index is 0.0487. The number of hydrogen-bond donors (Lipinski definition) is 3. The number of nitrogens with one attached hydrogen (secondary N) is 2. The Morgan fingerprint density at radius 2 is 1.76 bits per heavy atom. The summed E-state index contributed by atoms with van der Waals surface area (Å²) in [5.41, 5.74) is 4.77. The molecular formula is C40H50FN7O13S2. The molecule has 0 aromatic heterocycles. The van der Waals surface area contributed by atoms with Crippen LogP contribution >= 0.6 is 0 Å². The summed E-state index contributed by atoms with van der Waals surface area (Å²) in [5.74, 6) is -3.89. The van der Waals surface area contributed by atoms with E-state index in [9.17, 15) is 55.3 Å². The van der Waals surface area contributed by atoms with E-state index in [2.05, 4.69) is 10.0 Å². The molecule has 2 saturated carbocycles. The molecule has 2 aliphatic carbocycles. The topological polar surface area (TPSA) is 275 Å². The van der Waals surface area contributed by atoms with E-state index in [1.165, 1.54) is 29.2 Å². The molecule has 3 fully saturated rings. The summed E-state index contributed by atoms with van der Waals surface area (Å²) in [6, 6.07) is 5.83. The van der Waals surface area contributed by atoms with Gasteiger partial charge in [-0.15, -0.1) is 0 Å². The molecule has 2 aliphatic heterocycles. The molecule has 23 heteroatoms. The zero-order valence-electron chi connectivity index (χ0n) is 34.8. The number of carbonyl (C=O) groups is 5. The third-order valence-electron chi connectivity index (χ3n) is 10.9. The average Bonchev–Trinajstić information content (AvgIpc) is 4.12. The zero-order chi connectivity index (χ0) is 46.0. The van der Waals surface area contributed by atoms with Crippen LogP contribution < -0.4 is 15.8 Å². The maximum absolute atomic E-state index is 14.5. The van der Waals surface area contributed by atoms with E-state index < -0.39 is 119 Å². The van der Waals surface area contributed by atoms with Crippen LogP contribution in [0.15, 0.2) is 59.5 Å². The maximum atomic E-state index is 14.5. The molecule has 2 aromatic carbocycles. The number of halogens is 1. The highest BCUT2D eigenvalue weighted by Gasteiger charge is 2.47. The number of para-hydroxylation sites is 1. The highest BCUT2D eigenvalue weighted by atomic mass is 32.2. The summed E-state index contributed by atoms with van der Waals surface area (Å²) in [5, 5.41) is 13.8. The van der Waals surface area contributed by atoms with E-state index in [1.54, 1.807) is 39.0 Å². The summed E-state index contributed by atoms with van der Waals surface area (Å²) in [6.45, 7) is 3.02. The second-order valence-electron chi connectivity index (χ2n) is 17.0. The summed E-state index contributed by atoms with van der Waals surface area (Å²) < 4.78 is 81.5. The standard InChI is InChI=1S/C40H50FN7O13S2/c1-40(2,3)61-38(52)43-31(37(51)47-21-26(19-33(47)35(42)49)60-39(53)45-20-25-11-9-12-30(41)29(25)22-45)23-46(63(58,59)34-14-7-6-13-32(34)48(54)55)17-8-4-5-10-24-18-28(24)36(50)44-62(56,57)27-15-16-27/h5-7,9-14,24,26-28,31,33H,4,8,15-23H2,1-3H3,(H2,42,49)(H,43,52)(H,44,50)/b10-5-/t24-,26?,28+,31+,33?/m1/s1. The molecule has 4 N–H and O–H groups in total. The number of rotatable bonds is 17. The second-order valence-corrected chi connectivity index (χ2v) is 20.8. The van der Waals surface area contributed by atoms with Gasteiger partial charge in [0.25, 0.3) is 5.69 Å². The largest absolute Gasteiger partial charge is 0.444 e. The number of sulfonamides is 2. The number of nitrogens with zero attached hydrogens (tertiary/aromatic N) is 4. The van der Waals surface area contributed by atoms with E-state index in [1.807, 2.05) is 0 Å². The van der Waals surface area contributed by atoms with Crippen molar-refractivity contribution < 1.29 is 59.6 Å². The van der Waals surface area contributed by atoms with Crippen molar-refractivity contribution in [1.29, 1.82) is 0 Å². The molecule has 2 aromatic rings. The predicted octanol–water partition coefficient (Wildman–Crippen LogP) is 2.81. The number of carbonyl (C=O) groups excluding carboxylic acids is 5. The van der Waals surface area contributed by atoms with Gasteiger partial charge in [0.1, 0.15) is 29.6 Å². The predicted molar refractivity (Wildman–Crippen MR) is 220 cm³/mol. The van der Waals surface area contributed by atoms with E-state index in [0.29, 0.717) is 30.4 Å². The lowest BCUT2D eigenvalue weighted by molar-refractivity contribution is -0.387. The van der Waals surface area contributed by atoms with Crippen molar-refractivity contribution in [3.63, 3.8) is 0 Å². The molecule has 5 amide bonds. The molecule has 2 unspecified atom stereocenters. The SMILES string of the molecule is CC(C)(C)OC(=O)N[C@@H](CN(CCC/C=C\[C@@H]1C[C@@H]1C(=O)NS(=O)(=O)C1CC1)S(=O)(=O)c1ccccc1[N+](=O)[O-])C(=O)N1CC(OC(=O)N2Cc3cccc(F)c3C2)CC1C(N)=O. The number of nitrogens with two attached hydrogens (primary N) is 1. The Kier molecular flexibility index (Phi) is 13.8. The fraction of sp³-hybridized carbons (Fsp3) is 0.525. The van der Waals surface area contributed by atoms with Gasteiger partial charge in [0.05, 0.1) is 23.3 Å². The van der Waals surface area contributed by atoms with Crippen LogP contribution in [0.4, 0.5) is 19.7 Å². The maximum Gasteiger partial charge on any atom is 0.410 e. The number of likely N-dealkylation sites (tertiary alicyclic amines) is 1. The number of amides is 5. The average molecular weight is 920 g/mol. The number of alkyl carbamates (subject to hydrolysis) is 1. The molecule has 4 aliphatic rings. The van der Waals surface area contributed by atoms with Crippen LogP contribution in [-0.2, 0) is 57.0 Å². The van der Waals surface area contributed by atoms with Gasteiger partial charge in [-0.3, -0.25) is 34.1 Å². The number of benzene rings is 2. The molecule has 0 bridgehead atoms. The first-order valence-corrected chi connectivity index (χ1v) is 23.3. The number of nitro groups is 1. The number of nitro benzene ring substituents is 1. The number of unbranched alkanes of at least 4 members (excludes halogenated alkanes) is 1. The van der Waals surface area contributed by atoms with Crippen molar-refractivity contribution in [2.24, 2.45) is 17.6 Å². The fourth-order valence-corrected chi connectivity index (χ4v) is 10.5. The molecule has 20 nitrogen and oxygen atoms in total. The molecule has 342 valence electrons. The minimum atomic E-state index is -4.82. The molecule has 6 rings (SSSR count). The van der Waals surface area contributed by atoms with Crippen LogP contribution in [0, 0.1) is 27.8 Å². The number of fused-ring (bicyclic) bond motifs is 1. The highest BCUT2D eigenvalue weighted by Crippen LogP contribution is 2.41. The lowest BCUT2D eigenvalue weighted by Crippen LogP contribution is -2.57.